The van der Waals surface area contributed by atoms with E-state index in [-0.39, 0.29) is 16.4 Å². The summed E-state index contributed by atoms with van der Waals surface area (Å²) in [5.74, 6) is -0.278. The molecular weight excluding hydrogens is 280 g/mol. The summed E-state index contributed by atoms with van der Waals surface area (Å²) in [4.78, 5) is 22.1. The molecule has 0 saturated heterocycles. The number of aromatic carboxylic acids is 1. The van der Waals surface area contributed by atoms with Crippen LogP contribution >= 0.6 is 11.6 Å². The normalized spacial score (nSPS) is 10.1. The molecule has 1 N–H and O–H groups in total. The van der Waals surface area contributed by atoms with Crippen molar-refractivity contribution in [1.29, 1.82) is 0 Å². The van der Waals surface area contributed by atoms with Crippen molar-refractivity contribution in [2.75, 3.05) is 0 Å². The van der Waals surface area contributed by atoms with Crippen LogP contribution in [0.1, 0.15) is 27.6 Å². The predicted octanol–water partition coefficient (Wildman–Crippen LogP) is 4.03. The van der Waals surface area contributed by atoms with Gasteiger partial charge in [-0.1, -0.05) is 11.6 Å². The maximum absolute atomic E-state index is 11.2. The number of carbonyl (C=O) groups is 2. The number of hydrogen-bond acceptors (Lipinski definition) is 3. The van der Waals surface area contributed by atoms with Crippen molar-refractivity contribution < 1.29 is 19.4 Å². The molecule has 0 atom stereocenters. The topological polar surface area (TPSA) is 63.6 Å². The van der Waals surface area contributed by atoms with E-state index in [2.05, 4.69) is 0 Å². The summed E-state index contributed by atoms with van der Waals surface area (Å²) in [5.41, 5.74) is 0.559. The molecule has 2 aromatic carbocycles. The average Bonchev–Trinajstić information content (AvgIpc) is 2.41. The van der Waals surface area contributed by atoms with Crippen molar-refractivity contribution in [3.8, 4) is 11.5 Å². The van der Waals surface area contributed by atoms with Gasteiger partial charge in [0, 0.05) is 5.56 Å². The van der Waals surface area contributed by atoms with E-state index < -0.39 is 5.97 Å². The molecule has 0 spiro atoms. The van der Waals surface area contributed by atoms with Crippen LogP contribution in [0.25, 0.3) is 0 Å². The highest BCUT2D eigenvalue weighted by Crippen LogP contribution is 2.26. The second kappa shape index (κ2) is 5.75. The molecule has 0 aromatic heterocycles. The van der Waals surface area contributed by atoms with Crippen LogP contribution in [0.4, 0.5) is 0 Å². The van der Waals surface area contributed by atoms with Crippen LogP contribution in [0, 0.1) is 0 Å². The third-order valence-corrected chi connectivity index (χ3v) is 2.99. The maximum atomic E-state index is 11.2. The third-order valence-electron chi connectivity index (χ3n) is 2.66. The molecule has 0 aliphatic carbocycles. The summed E-state index contributed by atoms with van der Waals surface area (Å²) >= 11 is 5.78. The van der Waals surface area contributed by atoms with Crippen LogP contribution in [0.5, 0.6) is 11.5 Å². The highest BCUT2D eigenvalue weighted by molar-refractivity contribution is 6.33. The van der Waals surface area contributed by atoms with E-state index in [1.807, 2.05) is 0 Å². The lowest BCUT2D eigenvalue weighted by Gasteiger charge is -2.07. The van der Waals surface area contributed by atoms with Gasteiger partial charge in [0.1, 0.15) is 11.5 Å². The lowest BCUT2D eigenvalue weighted by molar-refractivity contribution is 0.0696. The minimum Gasteiger partial charge on any atom is -0.478 e. The van der Waals surface area contributed by atoms with Crippen molar-refractivity contribution in [2.24, 2.45) is 0 Å². The Labute approximate surface area is 120 Å². The number of benzene rings is 2. The number of carboxylic acid groups (broad SMARTS) is 1. The van der Waals surface area contributed by atoms with Gasteiger partial charge in [-0.25, -0.2) is 4.79 Å². The fraction of sp³-hybridized carbons (Fsp3) is 0.0667. The summed E-state index contributed by atoms with van der Waals surface area (Å²) in [6.45, 7) is 1.48. The van der Waals surface area contributed by atoms with Gasteiger partial charge in [0.25, 0.3) is 0 Å². The van der Waals surface area contributed by atoms with Crippen molar-refractivity contribution >= 4 is 23.4 Å². The summed E-state index contributed by atoms with van der Waals surface area (Å²) in [5, 5.41) is 9.13. The molecule has 20 heavy (non-hydrogen) atoms. The van der Waals surface area contributed by atoms with E-state index in [1.54, 1.807) is 30.3 Å². The van der Waals surface area contributed by atoms with Crippen LogP contribution in [0.3, 0.4) is 0 Å². The van der Waals surface area contributed by atoms with Crippen LogP contribution in [0.15, 0.2) is 42.5 Å². The van der Waals surface area contributed by atoms with Gasteiger partial charge in [0.15, 0.2) is 5.78 Å². The van der Waals surface area contributed by atoms with Gasteiger partial charge >= 0.3 is 5.97 Å². The van der Waals surface area contributed by atoms with Gasteiger partial charge in [-0.15, -0.1) is 0 Å². The summed E-state index contributed by atoms with van der Waals surface area (Å²) in [7, 11) is 0. The molecular formula is C15H11ClO4. The van der Waals surface area contributed by atoms with Crippen molar-refractivity contribution in [1.82, 2.24) is 0 Å². The van der Waals surface area contributed by atoms with E-state index in [1.165, 1.54) is 19.1 Å². The molecule has 102 valence electrons. The highest BCUT2D eigenvalue weighted by atomic mass is 35.5. The van der Waals surface area contributed by atoms with Crippen molar-refractivity contribution in [3.63, 3.8) is 0 Å². The third kappa shape index (κ3) is 3.16. The number of carboxylic acids is 1. The first kappa shape index (κ1) is 14.1. The summed E-state index contributed by atoms with van der Waals surface area (Å²) in [6, 6.07) is 11.0. The van der Waals surface area contributed by atoms with E-state index >= 15 is 0 Å². The number of Topliss-reactive ketones (excluding diaryl/α,β-unsaturated/α-hetero) is 1. The molecule has 0 unspecified atom stereocenters. The van der Waals surface area contributed by atoms with E-state index in [4.69, 9.17) is 21.4 Å². The van der Waals surface area contributed by atoms with Crippen molar-refractivity contribution in [2.45, 2.75) is 6.92 Å². The van der Waals surface area contributed by atoms with Crippen LogP contribution in [-0.2, 0) is 0 Å². The lowest BCUT2D eigenvalue weighted by atomic mass is 10.1. The molecule has 4 nitrogen and oxygen atoms in total. The molecule has 0 fully saturated rings. The Balaban J connectivity index is 2.23. The van der Waals surface area contributed by atoms with Gasteiger partial charge in [0.05, 0.1) is 10.6 Å². The number of hydrogen-bond donors (Lipinski definition) is 1. The van der Waals surface area contributed by atoms with Gasteiger partial charge in [-0.05, 0) is 49.4 Å². The molecule has 0 aliphatic heterocycles. The molecule has 0 heterocycles. The van der Waals surface area contributed by atoms with Crippen LogP contribution < -0.4 is 4.74 Å². The Kier molecular flexibility index (Phi) is 4.05. The molecule has 0 bridgehead atoms. The van der Waals surface area contributed by atoms with E-state index in [0.717, 1.165) is 0 Å². The fourth-order valence-electron chi connectivity index (χ4n) is 1.63. The lowest BCUT2D eigenvalue weighted by Crippen LogP contribution is -1.98. The Hall–Kier alpha value is -2.33. The SMILES string of the molecule is CC(=O)c1ccc(Oc2ccc(Cl)c(C(=O)O)c2)cc1. The van der Waals surface area contributed by atoms with Gasteiger partial charge in [0.2, 0.25) is 0 Å². The van der Waals surface area contributed by atoms with E-state index in [0.29, 0.717) is 17.1 Å². The molecule has 0 radical (unpaired) electrons. The Morgan fingerprint density at radius 3 is 2.20 bits per heavy atom. The minimum atomic E-state index is -1.12. The monoisotopic (exact) mass is 290 g/mol. The first-order valence-corrected chi connectivity index (χ1v) is 6.17. The number of ketones is 1. The highest BCUT2D eigenvalue weighted by Gasteiger charge is 2.10. The standard InChI is InChI=1S/C15H11ClO4/c1-9(17)10-2-4-11(5-3-10)20-12-6-7-14(16)13(8-12)15(18)19/h2-8H,1H3,(H,18,19). The molecule has 2 aromatic rings. The molecule has 0 amide bonds. The number of rotatable bonds is 4. The predicted molar refractivity (Wildman–Crippen MR) is 74.9 cm³/mol. The fourth-order valence-corrected chi connectivity index (χ4v) is 1.82. The zero-order valence-corrected chi connectivity index (χ0v) is 11.3. The number of carbonyl (C=O) groups excluding carboxylic acids is 1. The number of halogens is 1. The second-order valence-corrected chi connectivity index (χ2v) is 4.54. The summed E-state index contributed by atoms with van der Waals surface area (Å²) < 4.78 is 5.53. The number of ether oxygens (including phenoxy) is 1. The first-order valence-electron chi connectivity index (χ1n) is 5.79. The van der Waals surface area contributed by atoms with Crippen LogP contribution in [-0.4, -0.2) is 16.9 Å². The first-order chi connectivity index (χ1) is 9.47. The second-order valence-electron chi connectivity index (χ2n) is 4.13. The van der Waals surface area contributed by atoms with Crippen LogP contribution in [0.2, 0.25) is 5.02 Å². The van der Waals surface area contributed by atoms with E-state index in [9.17, 15) is 9.59 Å². The average molecular weight is 291 g/mol. The summed E-state index contributed by atoms with van der Waals surface area (Å²) in [6.07, 6.45) is 0. The largest absolute Gasteiger partial charge is 0.478 e. The quantitative estimate of drug-likeness (QED) is 0.863. The minimum absolute atomic E-state index is 0.0236. The maximum Gasteiger partial charge on any atom is 0.337 e. The zero-order valence-electron chi connectivity index (χ0n) is 10.6. The molecule has 5 heteroatoms. The van der Waals surface area contributed by atoms with Gasteiger partial charge in [-0.3, -0.25) is 4.79 Å². The van der Waals surface area contributed by atoms with Crippen molar-refractivity contribution in [3.05, 3.63) is 58.6 Å². The zero-order chi connectivity index (χ0) is 14.7. The van der Waals surface area contributed by atoms with Gasteiger partial charge < -0.3 is 9.84 Å². The molecule has 0 aliphatic rings. The van der Waals surface area contributed by atoms with Gasteiger partial charge in [-0.2, -0.15) is 0 Å². The molecule has 0 saturated carbocycles. The smallest absolute Gasteiger partial charge is 0.337 e. The Bertz CT molecular complexity index is 662. The Morgan fingerprint density at radius 2 is 1.65 bits per heavy atom. The molecule has 2 rings (SSSR count). The Morgan fingerprint density at radius 1 is 1.05 bits per heavy atom.